The number of Topliss-reactive ketones (excluding diaryl/α,β-unsaturated/α-hetero) is 2. The van der Waals surface area contributed by atoms with Gasteiger partial charge in [-0.25, -0.2) is 0 Å². The Morgan fingerprint density at radius 3 is 2.62 bits per heavy atom. The van der Waals surface area contributed by atoms with E-state index in [1.807, 2.05) is 12.1 Å². The second kappa shape index (κ2) is 5.31. The maximum atomic E-state index is 13.4. The van der Waals surface area contributed by atoms with Crippen molar-refractivity contribution in [3.05, 3.63) is 70.8 Å². The van der Waals surface area contributed by atoms with Crippen LogP contribution in [-0.4, -0.2) is 11.6 Å². The first-order valence-electron chi connectivity index (χ1n) is 8.83. The van der Waals surface area contributed by atoms with Gasteiger partial charge in [0.25, 0.3) is 0 Å². The van der Waals surface area contributed by atoms with Crippen LogP contribution >= 0.6 is 11.6 Å². The van der Waals surface area contributed by atoms with Gasteiger partial charge in [0.05, 0.1) is 10.6 Å². The molecule has 3 aliphatic rings. The number of benzene rings is 2. The molecular weight excluding hydrogens is 348 g/mol. The van der Waals surface area contributed by atoms with Crippen molar-refractivity contribution in [2.75, 3.05) is 0 Å². The van der Waals surface area contributed by atoms with E-state index in [4.69, 9.17) is 16.3 Å². The Balaban J connectivity index is 1.63. The Morgan fingerprint density at radius 1 is 1.04 bits per heavy atom. The first-order valence-corrected chi connectivity index (χ1v) is 9.20. The van der Waals surface area contributed by atoms with Gasteiger partial charge < -0.3 is 4.74 Å². The predicted octanol–water partition coefficient (Wildman–Crippen LogP) is 5.34. The first-order chi connectivity index (χ1) is 12.5. The molecule has 0 aliphatic heterocycles. The molecule has 0 aromatic heterocycles. The van der Waals surface area contributed by atoms with Crippen molar-refractivity contribution in [1.82, 2.24) is 0 Å². The average Bonchev–Trinajstić information content (AvgIpc) is 3.15. The van der Waals surface area contributed by atoms with E-state index in [-0.39, 0.29) is 34.7 Å². The Hall–Kier alpha value is -2.39. The molecule has 0 heterocycles. The molecule has 1 fully saturated rings. The highest BCUT2D eigenvalue weighted by molar-refractivity contribution is 6.32. The summed E-state index contributed by atoms with van der Waals surface area (Å²) in [5.41, 5.74) is 0.672. The van der Waals surface area contributed by atoms with Gasteiger partial charge in [0.15, 0.2) is 11.6 Å². The van der Waals surface area contributed by atoms with Gasteiger partial charge in [-0.1, -0.05) is 54.9 Å². The number of fused-ring (bicyclic) bond motifs is 6. The Kier molecular flexibility index (Phi) is 3.23. The van der Waals surface area contributed by atoms with Crippen molar-refractivity contribution in [1.29, 1.82) is 0 Å². The Morgan fingerprint density at radius 2 is 1.81 bits per heavy atom. The SMILES string of the molecule is CC12C=CC(C1)C1C(=O)c3c(Oc4ccccc4Cl)cccc3C(=O)C12. The summed E-state index contributed by atoms with van der Waals surface area (Å²) in [7, 11) is 0. The van der Waals surface area contributed by atoms with Crippen molar-refractivity contribution in [2.24, 2.45) is 23.2 Å². The van der Waals surface area contributed by atoms with Crippen LogP contribution in [0.5, 0.6) is 11.5 Å². The molecule has 2 aromatic carbocycles. The fourth-order valence-electron chi connectivity index (χ4n) is 4.99. The molecule has 2 bridgehead atoms. The third-order valence-electron chi connectivity index (χ3n) is 6.11. The minimum atomic E-state index is -0.277. The molecule has 4 atom stereocenters. The van der Waals surface area contributed by atoms with Crippen LogP contribution in [0, 0.1) is 23.2 Å². The monoisotopic (exact) mass is 364 g/mol. The number of halogens is 1. The maximum absolute atomic E-state index is 13.4. The second-order valence-electron chi connectivity index (χ2n) is 7.68. The lowest BCUT2D eigenvalue weighted by atomic mass is 9.65. The van der Waals surface area contributed by atoms with Gasteiger partial charge in [-0.15, -0.1) is 0 Å². The number of rotatable bonds is 2. The summed E-state index contributed by atoms with van der Waals surface area (Å²) in [5, 5.41) is 0.466. The van der Waals surface area contributed by atoms with E-state index in [9.17, 15) is 9.59 Å². The average molecular weight is 365 g/mol. The summed E-state index contributed by atoms with van der Waals surface area (Å²) >= 11 is 6.20. The van der Waals surface area contributed by atoms with E-state index in [1.54, 1.807) is 30.3 Å². The van der Waals surface area contributed by atoms with E-state index < -0.39 is 0 Å². The number of hydrogen-bond acceptors (Lipinski definition) is 3. The lowest BCUT2D eigenvalue weighted by Crippen LogP contribution is -2.42. The maximum Gasteiger partial charge on any atom is 0.171 e. The van der Waals surface area contributed by atoms with Crippen LogP contribution in [0.15, 0.2) is 54.6 Å². The lowest BCUT2D eigenvalue weighted by Gasteiger charge is -2.36. The fraction of sp³-hybridized carbons (Fsp3) is 0.273. The highest BCUT2D eigenvalue weighted by Crippen LogP contribution is 2.60. The summed E-state index contributed by atoms with van der Waals surface area (Å²) in [4.78, 5) is 26.6. The number of para-hydroxylation sites is 1. The molecule has 0 N–H and O–H groups in total. The summed E-state index contributed by atoms with van der Waals surface area (Å²) < 4.78 is 5.96. The first kappa shape index (κ1) is 15.8. The van der Waals surface area contributed by atoms with Gasteiger partial charge in [-0.05, 0) is 36.0 Å². The summed E-state index contributed by atoms with van der Waals surface area (Å²) in [5.74, 6) is 0.569. The van der Waals surface area contributed by atoms with E-state index in [2.05, 4.69) is 19.1 Å². The zero-order valence-electron chi connectivity index (χ0n) is 14.2. The molecule has 0 spiro atoms. The highest BCUT2D eigenvalue weighted by atomic mass is 35.5. The zero-order chi connectivity index (χ0) is 18.1. The summed E-state index contributed by atoms with van der Waals surface area (Å²) in [6.07, 6.45) is 5.10. The molecule has 0 saturated heterocycles. The third-order valence-corrected chi connectivity index (χ3v) is 6.42. The zero-order valence-corrected chi connectivity index (χ0v) is 15.0. The minimum absolute atomic E-state index is 0.0188. The number of hydrogen-bond donors (Lipinski definition) is 0. The molecule has 3 nitrogen and oxygen atoms in total. The molecule has 5 rings (SSSR count). The van der Waals surface area contributed by atoms with E-state index in [1.165, 1.54) is 0 Å². The number of ether oxygens (including phenoxy) is 1. The predicted molar refractivity (Wildman–Crippen MR) is 99.0 cm³/mol. The highest BCUT2D eigenvalue weighted by Gasteiger charge is 2.60. The summed E-state index contributed by atoms with van der Waals surface area (Å²) in [6.45, 7) is 2.09. The van der Waals surface area contributed by atoms with Gasteiger partial charge in [0.2, 0.25) is 0 Å². The Labute approximate surface area is 156 Å². The third kappa shape index (κ3) is 2.01. The van der Waals surface area contributed by atoms with Gasteiger partial charge in [-0.3, -0.25) is 9.59 Å². The van der Waals surface area contributed by atoms with E-state index in [0.29, 0.717) is 27.6 Å². The van der Waals surface area contributed by atoms with Crippen LogP contribution in [-0.2, 0) is 0 Å². The molecule has 26 heavy (non-hydrogen) atoms. The minimum Gasteiger partial charge on any atom is -0.455 e. The molecule has 3 aliphatic carbocycles. The van der Waals surface area contributed by atoms with E-state index in [0.717, 1.165) is 6.42 Å². The standard InChI is InChI=1S/C22H17ClO3/c1-22-10-9-12(11-22)17-19(22)20(24)13-5-4-8-16(18(13)21(17)25)26-15-7-3-2-6-14(15)23/h2-10,12,17,19H,11H2,1H3. The fourth-order valence-corrected chi connectivity index (χ4v) is 5.16. The number of carbonyl (C=O) groups is 2. The van der Waals surface area contributed by atoms with Crippen LogP contribution in [0.2, 0.25) is 5.02 Å². The van der Waals surface area contributed by atoms with E-state index >= 15 is 0 Å². The van der Waals surface area contributed by atoms with Crippen LogP contribution < -0.4 is 4.74 Å². The number of ketones is 2. The van der Waals surface area contributed by atoms with Crippen molar-refractivity contribution >= 4 is 23.2 Å². The molecule has 1 saturated carbocycles. The smallest absolute Gasteiger partial charge is 0.171 e. The molecule has 0 amide bonds. The van der Waals surface area contributed by atoms with Crippen LogP contribution in [0.1, 0.15) is 34.1 Å². The lowest BCUT2D eigenvalue weighted by molar-refractivity contribution is 0.0674. The van der Waals surface area contributed by atoms with Gasteiger partial charge in [0, 0.05) is 17.4 Å². The van der Waals surface area contributed by atoms with Crippen LogP contribution in [0.3, 0.4) is 0 Å². The molecule has 4 heteroatoms. The van der Waals surface area contributed by atoms with Gasteiger partial charge >= 0.3 is 0 Å². The topological polar surface area (TPSA) is 43.4 Å². The number of carbonyl (C=O) groups excluding carboxylic acids is 2. The molecule has 2 aromatic rings. The molecule has 4 unspecified atom stereocenters. The second-order valence-corrected chi connectivity index (χ2v) is 8.08. The largest absolute Gasteiger partial charge is 0.455 e. The molecule has 0 radical (unpaired) electrons. The number of allylic oxidation sites excluding steroid dienone is 2. The molecule has 130 valence electrons. The van der Waals surface area contributed by atoms with Crippen molar-refractivity contribution in [3.63, 3.8) is 0 Å². The summed E-state index contributed by atoms with van der Waals surface area (Å²) in [6, 6.07) is 12.4. The van der Waals surface area contributed by atoms with Crippen molar-refractivity contribution in [3.8, 4) is 11.5 Å². The van der Waals surface area contributed by atoms with Crippen LogP contribution in [0.25, 0.3) is 0 Å². The van der Waals surface area contributed by atoms with Gasteiger partial charge in [0.1, 0.15) is 11.5 Å². The molecular formula is C22H17ClO3. The Bertz CT molecular complexity index is 993. The normalized spacial score (nSPS) is 31.1. The van der Waals surface area contributed by atoms with Crippen molar-refractivity contribution < 1.29 is 14.3 Å². The van der Waals surface area contributed by atoms with Gasteiger partial charge in [-0.2, -0.15) is 0 Å². The van der Waals surface area contributed by atoms with Crippen LogP contribution in [0.4, 0.5) is 0 Å². The quantitative estimate of drug-likeness (QED) is 0.675. The van der Waals surface area contributed by atoms with Crippen molar-refractivity contribution in [2.45, 2.75) is 13.3 Å².